The number of benzene rings is 2. The van der Waals surface area contributed by atoms with Crippen molar-refractivity contribution < 1.29 is 14.7 Å². The topological polar surface area (TPSA) is 86.9 Å². The Morgan fingerprint density at radius 3 is 2.33 bits per heavy atom. The lowest BCUT2D eigenvalue weighted by Gasteiger charge is -2.35. The van der Waals surface area contributed by atoms with E-state index in [1.165, 1.54) is 5.56 Å². The first-order valence-corrected chi connectivity index (χ1v) is 9.08. The molecule has 1 aliphatic rings. The summed E-state index contributed by atoms with van der Waals surface area (Å²) in [5.41, 5.74) is 9.20. The quantitative estimate of drug-likeness (QED) is 0.837. The predicted molar refractivity (Wildman–Crippen MR) is 103 cm³/mol. The standard InChI is InChI=1S/C21H25N3O3/c1-15-2-4-17(5-3-15)13-23-10-11-24(14-20(23)26)21(27)19(22)12-16-6-8-18(25)9-7-16/h2-9,19,25H,10-14,22H2,1H3/t19-/m0/s1. The average Bonchev–Trinajstić information content (AvgIpc) is 2.66. The van der Waals surface area contributed by atoms with Crippen LogP contribution in [0.4, 0.5) is 0 Å². The summed E-state index contributed by atoms with van der Waals surface area (Å²) in [5.74, 6) is -0.104. The van der Waals surface area contributed by atoms with E-state index in [0.29, 0.717) is 26.1 Å². The average molecular weight is 367 g/mol. The van der Waals surface area contributed by atoms with Crippen LogP contribution in [0, 0.1) is 6.92 Å². The Hall–Kier alpha value is -2.86. The van der Waals surface area contributed by atoms with Gasteiger partial charge in [0.15, 0.2) is 0 Å². The van der Waals surface area contributed by atoms with E-state index >= 15 is 0 Å². The summed E-state index contributed by atoms with van der Waals surface area (Å²) in [6.07, 6.45) is 0.372. The molecule has 3 rings (SSSR count). The van der Waals surface area contributed by atoms with Gasteiger partial charge in [0.05, 0.1) is 12.6 Å². The number of hydrogen-bond acceptors (Lipinski definition) is 4. The van der Waals surface area contributed by atoms with Crippen LogP contribution in [0.3, 0.4) is 0 Å². The smallest absolute Gasteiger partial charge is 0.242 e. The van der Waals surface area contributed by atoms with Crippen LogP contribution in [0.2, 0.25) is 0 Å². The van der Waals surface area contributed by atoms with Gasteiger partial charge in [0.2, 0.25) is 11.8 Å². The summed E-state index contributed by atoms with van der Waals surface area (Å²) in [6.45, 7) is 3.64. The summed E-state index contributed by atoms with van der Waals surface area (Å²) < 4.78 is 0. The number of nitrogens with two attached hydrogens (primary N) is 1. The zero-order valence-corrected chi connectivity index (χ0v) is 15.5. The highest BCUT2D eigenvalue weighted by Crippen LogP contribution is 2.14. The molecule has 2 aromatic carbocycles. The number of phenols is 1. The van der Waals surface area contributed by atoms with Crippen molar-refractivity contribution in [3.05, 3.63) is 65.2 Å². The lowest BCUT2D eigenvalue weighted by Crippen LogP contribution is -2.55. The van der Waals surface area contributed by atoms with Crippen LogP contribution < -0.4 is 5.73 Å². The van der Waals surface area contributed by atoms with Crippen molar-refractivity contribution in [2.75, 3.05) is 19.6 Å². The first-order chi connectivity index (χ1) is 12.9. The molecule has 0 aliphatic carbocycles. The maximum absolute atomic E-state index is 12.6. The van der Waals surface area contributed by atoms with E-state index < -0.39 is 6.04 Å². The fourth-order valence-electron chi connectivity index (χ4n) is 3.19. The van der Waals surface area contributed by atoms with Crippen LogP contribution >= 0.6 is 0 Å². The molecule has 1 saturated heterocycles. The molecule has 6 heteroatoms. The van der Waals surface area contributed by atoms with Gasteiger partial charge in [-0.15, -0.1) is 0 Å². The fraction of sp³-hybridized carbons (Fsp3) is 0.333. The molecule has 2 aromatic rings. The normalized spacial score (nSPS) is 15.7. The van der Waals surface area contributed by atoms with Crippen LogP contribution in [0.1, 0.15) is 16.7 Å². The van der Waals surface area contributed by atoms with Crippen molar-refractivity contribution in [3.8, 4) is 5.75 Å². The molecule has 1 atom stereocenters. The molecule has 0 saturated carbocycles. The Morgan fingerprint density at radius 2 is 1.70 bits per heavy atom. The molecule has 1 fully saturated rings. The van der Waals surface area contributed by atoms with Gasteiger partial charge in [-0.3, -0.25) is 9.59 Å². The van der Waals surface area contributed by atoms with Crippen molar-refractivity contribution >= 4 is 11.8 Å². The second-order valence-corrected chi connectivity index (χ2v) is 7.04. The summed E-state index contributed by atoms with van der Waals surface area (Å²) in [6, 6.07) is 14.0. The van der Waals surface area contributed by atoms with Crippen LogP contribution in [0.5, 0.6) is 5.75 Å². The molecule has 0 spiro atoms. The van der Waals surface area contributed by atoms with Crippen LogP contribution in [0.15, 0.2) is 48.5 Å². The number of hydrogen-bond donors (Lipinski definition) is 2. The highest BCUT2D eigenvalue weighted by molar-refractivity contribution is 5.88. The number of carbonyl (C=O) groups is 2. The van der Waals surface area contributed by atoms with Crippen molar-refractivity contribution in [2.45, 2.75) is 25.9 Å². The second-order valence-electron chi connectivity index (χ2n) is 7.04. The van der Waals surface area contributed by atoms with Gasteiger partial charge in [0, 0.05) is 19.6 Å². The maximum atomic E-state index is 12.6. The number of phenolic OH excluding ortho intramolecular Hbond substituents is 1. The maximum Gasteiger partial charge on any atom is 0.242 e. The molecule has 0 radical (unpaired) electrons. The van der Waals surface area contributed by atoms with E-state index in [1.807, 2.05) is 31.2 Å². The van der Waals surface area contributed by atoms with E-state index in [4.69, 9.17) is 5.73 Å². The van der Waals surface area contributed by atoms with Gasteiger partial charge >= 0.3 is 0 Å². The van der Waals surface area contributed by atoms with Gasteiger partial charge in [-0.2, -0.15) is 0 Å². The molecule has 1 aliphatic heterocycles. The molecular weight excluding hydrogens is 342 g/mol. The van der Waals surface area contributed by atoms with Crippen LogP contribution in [-0.4, -0.2) is 52.4 Å². The van der Waals surface area contributed by atoms with Gasteiger partial charge < -0.3 is 20.6 Å². The Morgan fingerprint density at radius 1 is 1.07 bits per heavy atom. The van der Waals surface area contributed by atoms with Gasteiger partial charge in [0.1, 0.15) is 5.75 Å². The number of carbonyl (C=O) groups excluding carboxylic acids is 2. The minimum Gasteiger partial charge on any atom is -0.508 e. The molecular formula is C21H25N3O3. The minimum atomic E-state index is -0.703. The summed E-state index contributed by atoms with van der Waals surface area (Å²) in [7, 11) is 0. The lowest BCUT2D eigenvalue weighted by atomic mass is 10.0. The Kier molecular flexibility index (Phi) is 5.76. The highest BCUT2D eigenvalue weighted by atomic mass is 16.3. The van der Waals surface area contributed by atoms with Crippen molar-refractivity contribution in [1.29, 1.82) is 0 Å². The predicted octanol–water partition coefficient (Wildman–Crippen LogP) is 1.44. The number of amides is 2. The van der Waals surface area contributed by atoms with E-state index in [1.54, 1.807) is 34.1 Å². The first kappa shape index (κ1) is 18.9. The van der Waals surface area contributed by atoms with E-state index in [-0.39, 0.29) is 24.1 Å². The molecule has 6 nitrogen and oxygen atoms in total. The minimum absolute atomic E-state index is 0.0630. The Balaban J connectivity index is 1.54. The molecule has 27 heavy (non-hydrogen) atoms. The third-order valence-electron chi connectivity index (χ3n) is 4.83. The molecule has 1 heterocycles. The van der Waals surface area contributed by atoms with Gasteiger partial charge in [-0.05, 0) is 36.6 Å². The summed E-state index contributed by atoms with van der Waals surface area (Å²) >= 11 is 0. The van der Waals surface area contributed by atoms with Crippen LogP contribution in [-0.2, 0) is 22.6 Å². The highest BCUT2D eigenvalue weighted by Gasteiger charge is 2.29. The number of nitrogens with zero attached hydrogens (tertiary/aromatic N) is 2. The van der Waals surface area contributed by atoms with Crippen LogP contribution in [0.25, 0.3) is 0 Å². The van der Waals surface area contributed by atoms with E-state index in [0.717, 1.165) is 11.1 Å². The van der Waals surface area contributed by atoms with Gasteiger partial charge in [-0.1, -0.05) is 42.0 Å². The fourth-order valence-corrected chi connectivity index (χ4v) is 3.19. The molecule has 0 bridgehead atoms. The molecule has 142 valence electrons. The molecule has 0 aromatic heterocycles. The molecule has 2 amide bonds. The lowest BCUT2D eigenvalue weighted by molar-refractivity contribution is -0.146. The van der Waals surface area contributed by atoms with Crippen molar-refractivity contribution in [1.82, 2.24) is 9.80 Å². The summed E-state index contributed by atoms with van der Waals surface area (Å²) in [4.78, 5) is 28.4. The molecule has 3 N–H and O–H groups in total. The van der Waals surface area contributed by atoms with Crippen molar-refractivity contribution in [3.63, 3.8) is 0 Å². The second kappa shape index (κ2) is 8.22. The number of piperazine rings is 1. The first-order valence-electron chi connectivity index (χ1n) is 9.08. The third-order valence-corrected chi connectivity index (χ3v) is 4.83. The van der Waals surface area contributed by atoms with E-state index in [9.17, 15) is 14.7 Å². The number of aromatic hydroxyl groups is 1. The van der Waals surface area contributed by atoms with E-state index in [2.05, 4.69) is 0 Å². The SMILES string of the molecule is Cc1ccc(CN2CCN(C(=O)[C@@H](N)Cc3ccc(O)cc3)CC2=O)cc1. The Labute approximate surface area is 159 Å². The third kappa shape index (κ3) is 4.86. The zero-order valence-electron chi connectivity index (χ0n) is 15.5. The van der Waals surface area contributed by atoms with Crippen molar-refractivity contribution in [2.24, 2.45) is 5.73 Å². The summed E-state index contributed by atoms with van der Waals surface area (Å²) in [5, 5.41) is 9.33. The molecule has 0 unspecified atom stereocenters. The Bertz CT molecular complexity index is 802. The van der Waals surface area contributed by atoms with Gasteiger partial charge in [-0.25, -0.2) is 0 Å². The largest absolute Gasteiger partial charge is 0.508 e. The number of rotatable bonds is 5. The number of aryl methyl sites for hydroxylation is 1. The zero-order chi connectivity index (χ0) is 19.4. The van der Waals surface area contributed by atoms with Gasteiger partial charge in [0.25, 0.3) is 0 Å². The monoisotopic (exact) mass is 367 g/mol.